The molecule has 0 radical (unpaired) electrons. The van der Waals surface area contributed by atoms with Crippen LogP contribution in [0, 0.1) is 40.4 Å². The van der Waals surface area contributed by atoms with Crippen molar-refractivity contribution in [2.75, 3.05) is 27.2 Å². The molecule has 3 rings (SSSR count). The van der Waals surface area contributed by atoms with E-state index in [-0.39, 0.29) is 52.5 Å². The molecule has 3 unspecified atom stereocenters. The van der Waals surface area contributed by atoms with Crippen LogP contribution in [0.1, 0.15) is 66.2 Å². The van der Waals surface area contributed by atoms with Crippen molar-refractivity contribution in [3.05, 3.63) is 0 Å². The largest absolute Gasteiger partial charge is 0.464 e. The van der Waals surface area contributed by atoms with Gasteiger partial charge in [0.05, 0.1) is 11.5 Å². The van der Waals surface area contributed by atoms with E-state index in [1.807, 2.05) is 25.9 Å². The molecule has 0 aromatic heterocycles. The Morgan fingerprint density at radius 1 is 1.19 bits per heavy atom. The standard InChI is InChI=1S/C25H41NO5/c1-15-17(13-22(30)31-12-11-26(5)6)7-8-18-23(15)19(28)14-20-24(18,3)10-9-21(29)25(20,4)16(2)27/h15,17-18,20-21,23,29H,7-14H2,1-6H3/t15?,17?,18-,20+,21?,23-,24+,25-/m0/s1. The summed E-state index contributed by atoms with van der Waals surface area (Å²) < 4.78 is 5.41. The number of rotatable bonds is 6. The van der Waals surface area contributed by atoms with Gasteiger partial charge in [0.25, 0.3) is 0 Å². The Balaban J connectivity index is 1.76. The van der Waals surface area contributed by atoms with Crippen LogP contribution in [0.2, 0.25) is 0 Å². The molecule has 31 heavy (non-hydrogen) atoms. The number of likely N-dealkylation sites (N-methyl/N-ethyl adjacent to an activating group) is 1. The maximum absolute atomic E-state index is 13.4. The zero-order valence-corrected chi connectivity index (χ0v) is 20.1. The summed E-state index contributed by atoms with van der Waals surface area (Å²) >= 11 is 0. The molecule has 0 heterocycles. The lowest BCUT2D eigenvalue weighted by Crippen LogP contribution is -2.63. The number of aliphatic hydroxyl groups excluding tert-OH is 1. The van der Waals surface area contributed by atoms with E-state index < -0.39 is 11.5 Å². The average Bonchev–Trinajstić information content (AvgIpc) is 2.68. The molecule has 0 saturated heterocycles. The smallest absolute Gasteiger partial charge is 0.306 e. The molecule has 176 valence electrons. The van der Waals surface area contributed by atoms with E-state index in [1.165, 1.54) is 0 Å². The minimum absolute atomic E-state index is 0.00983. The second-order valence-corrected chi connectivity index (χ2v) is 11.2. The lowest BCUT2D eigenvalue weighted by molar-refractivity contribution is -0.186. The second-order valence-electron chi connectivity index (χ2n) is 11.2. The predicted molar refractivity (Wildman–Crippen MR) is 118 cm³/mol. The van der Waals surface area contributed by atoms with Gasteiger partial charge in [-0.2, -0.15) is 0 Å². The van der Waals surface area contributed by atoms with Gasteiger partial charge in [0.15, 0.2) is 0 Å². The number of Topliss-reactive ketones (excluding diaryl/α,β-unsaturated/α-hetero) is 2. The van der Waals surface area contributed by atoms with Crippen molar-refractivity contribution in [2.45, 2.75) is 72.3 Å². The minimum atomic E-state index is -0.857. The van der Waals surface area contributed by atoms with Crippen molar-refractivity contribution >= 4 is 17.5 Å². The number of fused-ring (bicyclic) bond motifs is 3. The van der Waals surface area contributed by atoms with Crippen LogP contribution in [0.4, 0.5) is 0 Å². The fourth-order valence-corrected chi connectivity index (χ4v) is 7.20. The van der Waals surface area contributed by atoms with E-state index in [2.05, 4.69) is 13.8 Å². The van der Waals surface area contributed by atoms with E-state index in [1.54, 1.807) is 6.92 Å². The lowest BCUT2D eigenvalue weighted by Gasteiger charge is -2.62. The van der Waals surface area contributed by atoms with Crippen molar-refractivity contribution in [1.29, 1.82) is 0 Å². The SMILES string of the molecule is CC(=O)[C@]1(C)C(O)CC[C@@]2(C)[C@H]1CC(=O)[C@H]1C(C)C(CC(=O)OCCN(C)C)CC[C@@H]12. The Hall–Kier alpha value is -1.27. The summed E-state index contributed by atoms with van der Waals surface area (Å²) in [5.74, 6) is 0.342. The van der Waals surface area contributed by atoms with Gasteiger partial charge in [-0.05, 0) is 82.7 Å². The third kappa shape index (κ3) is 4.22. The number of hydrogen-bond donors (Lipinski definition) is 1. The summed E-state index contributed by atoms with van der Waals surface area (Å²) in [5, 5.41) is 10.7. The number of ketones is 2. The van der Waals surface area contributed by atoms with Crippen LogP contribution in [0.15, 0.2) is 0 Å². The summed E-state index contributed by atoms with van der Waals surface area (Å²) in [6.45, 7) is 8.90. The summed E-state index contributed by atoms with van der Waals surface area (Å²) in [6, 6.07) is 0. The van der Waals surface area contributed by atoms with Gasteiger partial charge in [-0.1, -0.05) is 13.8 Å². The Morgan fingerprint density at radius 3 is 2.48 bits per heavy atom. The normalized spacial score (nSPS) is 42.6. The van der Waals surface area contributed by atoms with Gasteiger partial charge in [-0.25, -0.2) is 0 Å². The number of hydrogen-bond acceptors (Lipinski definition) is 6. The highest BCUT2D eigenvalue weighted by Gasteiger charge is 2.64. The maximum atomic E-state index is 13.4. The Kier molecular flexibility index (Phi) is 7.02. The fourth-order valence-electron chi connectivity index (χ4n) is 7.20. The van der Waals surface area contributed by atoms with Crippen LogP contribution in [0.5, 0.6) is 0 Å². The molecule has 0 spiro atoms. The molecule has 0 aliphatic heterocycles. The molecule has 3 saturated carbocycles. The molecular weight excluding hydrogens is 394 g/mol. The van der Waals surface area contributed by atoms with E-state index >= 15 is 0 Å². The number of carbonyl (C=O) groups is 3. The van der Waals surface area contributed by atoms with Crippen molar-refractivity contribution < 1.29 is 24.2 Å². The minimum Gasteiger partial charge on any atom is -0.464 e. The van der Waals surface area contributed by atoms with E-state index in [4.69, 9.17) is 4.74 Å². The first kappa shape index (κ1) is 24.4. The number of nitrogens with zero attached hydrogens (tertiary/aromatic N) is 1. The van der Waals surface area contributed by atoms with Crippen molar-refractivity contribution in [2.24, 2.45) is 40.4 Å². The molecule has 0 aromatic carbocycles. The third-order valence-electron chi connectivity index (χ3n) is 9.37. The molecule has 3 fully saturated rings. The van der Waals surface area contributed by atoms with Crippen molar-refractivity contribution in [1.82, 2.24) is 4.90 Å². The van der Waals surface area contributed by atoms with E-state index in [0.29, 0.717) is 32.4 Å². The van der Waals surface area contributed by atoms with Crippen LogP contribution in [0.25, 0.3) is 0 Å². The molecule has 1 N–H and O–H groups in total. The van der Waals surface area contributed by atoms with Gasteiger partial charge in [0.1, 0.15) is 18.2 Å². The number of carbonyl (C=O) groups excluding carboxylic acids is 3. The maximum Gasteiger partial charge on any atom is 0.306 e. The van der Waals surface area contributed by atoms with Crippen LogP contribution >= 0.6 is 0 Å². The van der Waals surface area contributed by atoms with Gasteiger partial charge in [-0.15, -0.1) is 0 Å². The summed E-state index contributed by atoms with van der Waals surface area (Å²) in [4.78, 5) is 40.4. The van der Waals surface area contributed by atoms with E-state index in [0.717, 1.165) is 19.3 Å². The highest BCUT2D eigenvalue weighted by atomic mass is 16.5. The van der Waals surface area contributed by atoms with Crippen LogP contribution in [0.3, 0.4) is 0 Å². The zero-order chi connectivity index (χ0) is 23.1. The monoisotopic (exact) mass is 435 g/mol. The first-order chi connectivity index (χ1) is 14.4. The van der Waals surface area contributed by atoms with E-state index in [9.17, 15) is 19.5 Å². The highest BCUT2D eigenvalue weighted by Crippen LogP contribution is 2.64. The van der Waals surface area contributed by atoms with Crippen LogP contribution in [-0.4, -0.2) is 60.9 Å². The molecule has 0 bridgehead atoms. The molecule has 8 atom stereocenters. The highest BCUT2D eigenvalue weighted by molar-refractivity contribution is 5.87. The van der Waals surface area contributed by atoms with Gasteiger partial charge < -0.3 is 14.7 Å². The van der Waals surface area contributed by atoms with Crippen LogP contribution in [-0.2, 0) is 19.1 Å². The third-order valence-corrected chi connectivity index (χ3v) is 9.37. The number of aliphatic hydroxyl groups is 1. The Bertz CT molecular complexity index is 721. The molecule has 0 aromatic rings. The quantitative estimate of drug-likeness (QED) is 0.646. The van der Waals surface area contributed by atoms with Gasteiger partial charge in [0, 0.05) is 25.3 Å². The first-order valence-electron chi connectivity index (χ1n) is 11.9. The first-order valence-corrected chi connectivity index (χ1v) is 11.9. The zero-order valence-electron chi connectivity index (χ0n) is 20.1. The number of ether oxygens (including phenoxy) is 1. The fraction of sp³-hybridized carbons (Fsp3) is 0.880. The number of esters is 1. The lowest BCUT2D eigenvalue weighted by atomic mass is 9.41. The second kappa shape index (κ2) is 8.93. The van der Waals surface area contributed by atoms with Gasteiger partial charge >= 0.3 is 5.97 Å². The molecule has 3 aliphatic carbocycles. The molecule has 0 amide bonds. The van der Waals surface area contributed by atoms with Crippen molar-refractivity contribution in [3.63, 3.8) is 0 Å². The molecule has 3 aliphatic rings. The summed E-state index contributed by atoms with van der Waals surface area (Å²) in [6.07, 6.45) is 3.30. The van der Waals surface area contributed by atoms with Gasteiger partial charge in [-0.3, -0.25) is 14.4 Å². The topological polar surface area (TPSA) is 83.9 Å². The average molecular weight is 436 g/mol. The summed E-state index contributed by atoms with van der Waals surface area (Å²) in [5.41, 5.74) is -0.992. The molecular formula is C25H41NO5. The molecule has 6 nitrogen and oxygen atoms in total. The Morgan fingerprint density at radius 2 is 1.87 bits per heavy atom. The van der Waals surface area contributed by atoms with Crippen molar-refractivity contribution in [3.8, 4) is 0 Å². The van der Waals surface area contributed by atoms with Gasteiger partial charge in [0.2, 0.25) is 0 Å². The molecule has 6 heteroatoms. The Labute approximate surface area is 187 Å². The predicted octanol–water partition coefficient (Wildman–Crippen LogP) is 3.11. The van der Waals surface area contributed by atoms with Crippen LogP contribution < -0.4 is 0 Å². The summed E-state index contributed by atoms with van der Waals surface area (Å²) in [7, 11) is 3.89.